The van der Waals surface area contributed by atoms with Gasteiger partial charge >= 0.3 is 0 Å². The van der Waals surface area contributed by atoms with Crippen LogP contribution in [0.3, 0.4) is 0 Å². The number of rotatable bonds is 3. The molecule has 2 rings (SSSR count). The topological polar surface area (TPSA) is 38.3 Å². The number of amides is 1. The van der Waals surface area contributed by atoms with Gasteiger partial charge in [0, 0.05) is 5.54 Å². The van der Waals surface area contributed by atoms with Gasteiger partial charge in [-0.3, -0.25) is 4.79 Å². The molecule has 1 amide bonds. The average Bonchev–Trinajstić information content (AvgIpc) is 2.34. The molecule has 1 atom stereocenters. The first-order chi connectivity index (χ1) is 8.94. The van der Waals surface area contributed by atoms with Crippen molar-refractivity contribution in [3.63, 3.8) is 0 Å². The molecule has 3 heteroatoms. The lowest BCUT2D eigenvalue weighted by atomic mass is 9.90. The van der Waals surface area contributed by atoms with E-state index in [0.717, 1.165) is 19.3 Å². The second-order valence-electron chi connectivity index (χ2n) is 6.24. The van der Waals surface area contributed by atoms with E-state index >= 15 is 0 Å². The average molecular weight is 261 g/mol. The summed E-state index contributed by atoms with van der Waals surface area (Å²) in [5, 5.41) is 2.91. The molecule has 3 nitrogen and oxygen atoms in total. The van der Waals surface area contributed by atoms with Crippen LogP contribution in [-0.2, 0) is 22.4 Å². The molecule has 0 radical (unpaired) electrons. The third kappa shape index (κ3) is 4.35. The van der Waals surface area contributed by atoms with Crippen molar-refractivity contribution in [2.75, 3.05) is 6.61 Å². The van der Waals surface area contributed by atoms with Gasteiger partial charge in [0.2, 0.25) is 5.91 Å². The van der Waals surface area contributed by atoms with Crippen LogP contribution in [0.4, 0.5) is 0 Å². The van der Waals surface area contributed by atoms with Crippen molar-refractivity contribution >= 4 is 5.91 Å². The number of carbonyl (C=O) groups excluding carboxylic acids is 1. The molecule has 1 aromatic carbocycles. The summed E-state index contributed by atoms with van der Waals surface area (Å²) in [7, 11) is 0. The number of ether oxygens (including phenoxy) is 1. The Morgan fingerprint density at radius 1 is 1.32 bits per heavy atom. The Labute approximate surface area is 115 Å². The zero-order valence-electron chi connectivity index (χ0n) is 12.0. The zero-order valence-corrected chi connectivity index (χ0v) is 12.0. The smallest absolute Gasteiger partial charge is 0.246 e. The van der Waals surface area contributed by atoms with Crippen molar-refractivity contribution in [1.82, 2.24) is 5.32 Å². The number of carbonyl (C=O) groups is 1. The van der Waals surface area contributed by atoms with Gasteiger partial charge in [-0.05, 0) is 51.2 Å². The SMILES string of the molecule is CC(C)(C)NC(=O)COC1CCc2ccccc2C1. The lowest BCUT2D eigenvalue weighted by Gasteiger charge is -2.26. The summed E-state index contributed by atoms with van der Waals surface area (Å²) in [6.07, 6.45) is 3.13. The molecule has 1 aliphatic carbocycles. The van der Waals surface area contributed by atoms with Crippen molar-refractivity contribution in [2.24, 2.45) is 0 Å². The molecule has 0 fully saturated rings. The molecule has 0 saturated heterocycles. The number of nitrogens with one attached hydrogen (secondary N) is 1. The Morgan fingerprint density at radius 3 is 2.68 bits per heavy atom. The van der Waals surface area contributed by atoms with E-state index in [9.17, 15) is 4.79 Å². The lowest BCUT2D eigenvalue weighted by molar-refractivity contribution is -0.129. The van der Waals surface area contributed by atoms with Gasteiger partial charge in [0.05, 0.1) is 6.10 Å². The van der Waals surface area contributed by atoms with E-state index in [1.807, 2.05) is 20.8 Å². The van der Waals surface area contributed by atoms with Gasteiger partial charge in [-0.1, -0.05) is 24.3 Å². The highest BCUT2D eigenvalue weighted by Crippen LogP contribution is 2.22. The van der Waals surface area contributed by atoms with Crippen LogP contribution in [0.2, 0.25) is 0 Å². The van der Waals surface area contributed by atoms with Gasteiger partial charge in [0.15, 0.2) is 0 Å². The second kappa shape index (κ2) is 5.74. The van der Waals surface area contributed by atoms with E-state index in [0.29, 0.717) is 0 Å². The fourth-order valence-electron chi connectivity index (χ4n) is 2.45. The molecule has 1 aromatic rings. The maximum Gasteiger partial charge on any atom is 0.246 e. The third-order valence-electron chi connectivity index (χ3n) is 3.27. The fourth-order valence-corrected chi connectivity index (χ4v) is 2.45. The lowest BCUT2D eigenvalue weighted by Crippen LogP contribution is -2.43. The van der Waals surface area contributed by atoms with E-state index in [-0.39, 0.29) is 24.2 Å². The number of hydrogen-bond donors (Lipinski definition) is 1. The number of hydrogen-bond acceptors (Lipinski definition) is 2. The van der Waals surface area contributed by atoms with E-state index < -0.39 is 0 Å². The van der Waals surface area contributed by atoms with Crippen LogP contribution in [0.5, 0.6) is 0 Å². The van der Waals surface area contributed by atoms with Gasteiger partial charge < -0.3 is 10.1 Å². The highest BCUT2D eigenvalue weighted by atomic mass is 16.5. The Bertz CT molecular complexity index is 448. The summed E-state index contributed by atoms with van der Waals surface area (Å²) < 4.78 is 5.74. The van der Waals surface area contributed by atoms with E-state index in [1.165, 1.54) is 11.1 Å². The third-order valence-corrected chi connectivity index (χ3v) is 3.27. The van der Waals surface area contributed by atoms with E-state index in [4.69, 9.17) is 4.74 Å². The molecular weight excluding hydrogens is 238 g/mol. The van der Waals surface area contributed by atoms with Crippen LogP contribution in [0.1, 0.15) is 38.3 Å². The summed E-state index contributed by atoms with van der Waals surface area (Å²) in [6, 6.07) is 8.47. The van der Waals surface area contributed by atoms with Crippen molar-refractivity contribution in [2.45, 2.75) is 51.7 Å². The minimum absolute atomic E-state index is 0.0358. The summed E-state index contributed by atoms with van der Waals surface area (Å²) in [6.45, 7) is 6.08. The maximum atomic E-state index is 11.7. The maximum absolute atomic E-state index is 11.7. The molecule has 0 heterocycles. The summed E-state index contributed by atoms with van der Waals surface area (Å²) in [5.41, 5.74) is 2.58. The zero-order chi connectivity index (χ0) is 13.9. The highest BCUT2D eigenvalue weighted by Gasteiger charge is 2.20. The standard InChI is InChI=1S/C16H23NO2/c1-16(2,3)17-15(18)11-19-14-9-8-12-6-4-5-7-13(12)10-14/h4-7,14H,8-11H2,1-3H3,(H,17,18). The molecule has 0 aliphatic heterocycles. The second-order valence-corrected chi connectivity index (χ2v) is 6.24. The van der Waals surface area contributed by atoms with Crippen molar-refractivity contribution in [3.8, 4) is 0 Å². The number of aryl methyl sites for hydroxylation is 1. The summed E-state index contributed by atoms with van der Waals surface area (Å²) in [5.74, 6) is -0.0358. The van der Waals surface area contributed by atoms with E-state index in [2.05, 4.69) is 29.6 Å². The first-order valence-electron chi connectivity index (χ1n) is 6.93. The fraction of sp³-hybridized carbons (Fsp3) is 0.562. The van der Waals surface area contributed by atoms with Crippen molar-refractivity contribution < 1.29 is 9.53 Å². The Balaban J connectivity index is 1.81. The van der Waals surface area contributed by atoms with Crippen LogP contribution in [0.25, 0.3) is 0 Å². The van der Waals surface area contributed by atoms with Crippen LogP contribution in [-0.4, -0.2) is 24.2 Å². The molecule has 0 saturated carbocycles. The predicted octanol–water partition coefficient (Wildman–Crippen LogP) is 2.48. The highest BCUT2D eigenvalue weighted by molar-refractivity contribution is 5.77. The van der Waals surface area contributed by atoms with Gasteiger partial charge in [-0.15, -0.1) is 0 Å². The largest absolute Gasteiger partial charge is 0.368 e. The van der Waals surface area contributed by atoms with Crippen LogP contribution >= 0.6 is 0 Å². The molecule has 1 unspecified atom stereocenters. The van der Waals surface area contributed by atoms with Crippen LogP contribution in [0.15, 0.2) is 24.3 Å². The molecule has 0 spiro atoms. The molecule has 19 heavy (non-hydrogen) atoms. The van der Waals surface area contributed by atoms with Gasteiger partial charge in [-0.25, -0.2) is 0 Å². The normalized spacial score (nSPS) is 18.8. The van der Waals surface area contributed by atoms with Gasteiger partial charge in [0.25, 0.3) is 0 Å². The van der Waals surface area contributed by atoms with Crippen molar-refractivity contribution in [3.05, 3.63) is 35.4 Å². The quantitative estimate of drug-likeness (QED) is 0.907. The predicted molar refractivity (Wildman–Crippen MR) is 76.1 cm³/mol. The first-order valence-corrected chi connectivity index (χ1v) is 6.93. The van der Waals surface area contributed by atoms with Gasteiger partial charge in [0.1, 0.15) is 6.61 Å². The minimum atomic E-state index is -0.195. The Kier molecular flexibility index (Phi) is 4.25. The van der Waals surface area contributed by atoms with E-state index in [1.54, 1.807) is 0 Å². The van der Waals surface area contributed by atoms with Gasteiger partial charge in [-0.2, -0.15) is 0 Å². The minimum Gasteiger partial charge on any atom is -0.368 e. The molecular formula is C16H23NO2. The number of benzene rings is 1. The molecule has 104 valence electrons. The Morgan fingerprint density at radius 2 is 2.00 bits per heavy atom. The molecule has 0 bridgehead atoms. The van der Waals surface area contributed by atoms with Crippen LogP contribution < -0.4 is 5.32 Å². The molecule has 0 aromatic heterocycles. The molecule has 1 aliphatic rings. The summed E-state index contributed by atoms with van der Waals surface area (Å²) >= 11 is 0. The first kappa shape index (κ1) is 14.1. The monoisotopic (exact) mass is 261 g/mol. The van der Waals surface area contributed by atoms with Crippen LogP contribution in [0, 0.1) is 0 Å². The van der Waals surface area contributed by atoms with Crippen molar-refractivity contribution in [1.29, 1.82) is 0 Å². The summed E-state index contributed by atoms with van der Waals surface area (Å²) in [4.78, 5) is 11.7. The number of fused-ring (bicyclic) bond motifs is 1. The molecule has 1 N–H and O–H groups in total. The Hall–Kier alpha value is -1.35.